The van der Waals surface area contributed by atoms with Gasteiger partial charge in [0.05, 0.1) is 33.0 Å². The first-order valence-electron chi connectivity index (χ1n) is 19.1. The van der Waals surface area contributed by atoms with Crippen molar-refractivity contribution in [3.63, 3.8) is 0 Å². The molecule has 3 aliphatic heterocycles. The summed E-state index contributed by atoms with van der Waals surface area (Å²) in [7, 11) is -12.8. The second kappa shape index (κ2) is 20.0. The highest BCUT2D eigenvalue weighted by Gasteiger charge is 2.55. The van der Waals surface area contributed by atoms with Gasteiger partial charge in [0.2, 0.25) is 0 Å². The van der Waals surface area contributed by atoms with E-state index >= 15 is 0 Å². The zero-order valence-electron chi connectivity index (χ0n) is 32.4. The summed E-state index contributed by atoms with van der Waals surface area (Å²) in [6.07, 6.45) is 7.78. The van der Waals surface area contributed by atoms with Crippen LogP contribution in [0.1, 0.15) is 44.9 Å². The van der Waals surface area contributed by atoms with E-state index in [0.29, 0.717) is 25.4 Å². The van der Waals surface area contributed by atoms with E-state index in [9.17, 15) is 0 Å². The lowest BCUT2D eigenvalue weighted by atomic mass is 10.3. The predicted octanol–water partition coefficient (Wildman–Crippen LogP) is 7.15. The maximum absolute atomic E-state index is 7.49. The van der Waals surface area contributed by atoms with Gasteiger partial charge in [-0.2, -0.15) is 0 Å². The minimum Gasteiger partial charge on any atom is -0.436 e. The summed E-state index contributed by atoms with van der Waals surface area (Å²) in [5, 5.41) is 1.04. The van der Waals surface area contributed by atoms with Gasteiger partial charge in [-0.3, -0.25) is 0 Å². The van der Waals surface area contributed by atoms with E-state index < -0.39 is 42.3 Å². The molecule has 0 aromatic heterocycles. The van der Waals surface area contributed by atoms with Crippen molar-refractivity contribution in [1.29, 1.82) is 0 Å². The lowest BCUT2D eigenvalue weighted by Crippen LogP contribution is -2.69. The molecule has 4 rings (SSSR count). The summed E-state index contributed by atoms with van der Waals surface area (Å²) in [6.45, 7) is 24.5. The Morgan fingerprint density at radius 1 is 0.580 bits per heavy atom. The number of ether oxygens (including phenoxy) is 6. The van der Waals surface area contributed by atoms with Crippen molar-refractivity contribution in [2.45, 2.75) is 134 Å². The van der Waals surface area contributed by atoms with Crippen LogP contribution in [0.25, 0.3) is 0 Å². The van der Waals surface area contributed by atoms with Gasteiger partial charge >= 0.3 is 17.4 Å². The minimum atomic E-state index is -3.44. The molecular weight excluding hydrogens is 721 g/mol. The first kappa shape index (κ1) is 42.6. The quantitative estimate of drug-likeness (QED) is 0.0473. The fourth-order valence-corrected chi connectivity index (χ4v) is 28.7. The Labute approximate surface area is 308 Å². The van der Waals surface area contributed by atoms with Crippen molar-refractivity contribution in [2.75, 3.05) is 52.9 Å². The van der Waals surface area contributed by atoms with Gasteiger partial charge in [-0.05, 0) is 89.8 Å². The van der Waals surface area contributed by atoms with Crippen LogP contribution >= 0.6 is 0 Å². The maximum atomic E-state index is 7.49. The lowest BCUT2D eigenvalue weighted by molar-refractivity contribution is -0.214. The molecule has 4 atom stereocenters. The van der Waals surface area contributed by atoms with Crippen LogP contribution in [0.5, 0.6) is 0 Å². The van der Waals surface area contributed by atoms with E-state index in [2.05, 4.69) is 82.7 Å². The Bertz CT molecular complexity index is 1100. The molecule has 1 aromatic carbocycles. The second-order valence-electron chi connectivity index (χ2n) is 16.4. The first-order valence-corrected chi connectivity index (χ1v) is 33.0. The van der Waals surface area contributed by atoms with Crippen molar-refractivity contribution in [2.24, 2.45) is 0 Å². The Morgan fingerprint density at radius 2 is 1.04 bits per heavy atom. The van der Waals surface area contributed by atoms with Gasteiger partial charge < -0.3 is 44.9 Å². The molecule has 3 fully saturated rings. The molecule has 4 unspecified atom stereocenters. The molecule has 50 heavy (non-hydrogen) atoms. The highest BCUT2D eigenvalue weighted by atomic mass is 28.5. The number of hydrogen-bond acceptors (Lipinski definition) is 10. The topological polar surface area (TPSA) is 98.9 Å². The van der Waals surface area contributed by atoms with Gasteiger partial charge in [0, 0.05) is 31.4 Å². The van der Waals surface area contributed by atoms with E-state index in [1.54, 1.807) is 0 Å². The second-order valence-corrected chi connectivity index (χ2v) is 36.2. The van der Waals surface area contributed by atoms with Crippen molar-refractivity contribution < 1.29 is 44.9 Å². The molecule has 0 aliphatic carbocycles. The first-order chi connectivity index (χ1) is 23.7. The number of benzene rings is 1. The summed E-state index contributed by atoms with van der Waals surface area (Å²) in [4.78, 5) is 0. The van der Waals surface area contributed by atoms with Crippen molar-refractivity contribution in [3.05, 3.63) is 30.3 Å². The van der Waals surface area contributed by atoms with E-state index in [4.69, 9.17) is 44.9 Å². The molecule has 0 bridgehead atoms. The van der Waals surface area contributed by atoms with Gasteiger partial charge in [-0.25, -0.2) is 0 Å². The fraction of sp³-hybridized carbons (Fsp3) is 0.829. The van der Waals surface area contributed by atoms with Crippen molar-refractivity contribution >= 4 is 47.5 Å². The Hall–Kier alpha value is -0.0956. The summed E-state index contributed by atoms with van der Waals surface area (Å²) in [5.74, 6) is 0. The van der Waals surface area contributed by atoms with E-state index in [1.807, 2.05) is 0 Å². The van der Waals surface area contributed by atoms with Crippen LogP contribution in [0.4, 0.5) is 0 Å². The van der Waals surface area contributed by atoms with Gasteiger partial charge in [0.15, 0.2) is 31.2 Å². The summed E-state index contributed by atoms with van der Waals surface area (Å²) >= 11 is 0. The fourth-order valence-electron chi connectivity index (χ4n) is 6.25. The molecule has 3 aliphatic rings. The third kappa shape index (κ3) is 16.9. The van der Waals surface area contributed by atoms with Crippen LogP contribution in [-0.4, -0.2) is 114 Å². The normalized spacial score (nSPS) is 22.3. The standard InChI is InChI=1S/C35H68O10Si5/c1-46(2,25-15-12-21-36-28-32-30-40-32)42-49(7,8)45-50(34-18-10-9-11-19-34,43-47(3,4)26-16-13-22-37-29-33-31-41-33)44-48(5,6)27-17-14-23-38-35-20-24-39-35/h9-11,18-19,32-33,35H,12-17,20-31H2,1-8H3. The van der Waals surface area contributed by atoms with Crippen LogP contribution in [0.3, 0.4) is 0 Å². The minimum absolute atomic E-state index is 0.0156. The van der Waals surface area contributed by atoms with E-state index in [1.165, 1.54) is 0 Å². The van der Waals surface area contributed by atoms with Crippen LogP contribution in [0, 0.1) is 0 Å². The summed E-state index contributed by atoms with van der Waals surface area (Å²) < 4.78 is 63.0. The lowest BCUT2D eigenvalue weighted by Gasteiger charge is -2.46. The molecular formula is C35H68O10Si5. The Kier molecular flexibility index (Phi) is 17.1. The van der Waals surface area contributed by atoms with Crippen LogP contribution in [0.15, 0.2) is 30.3 Å². The third-order valence-corrected chi connectivity index (χ3v) is 28.5. The molecule has 1 aromatic rings. The predicted molar refractivity (Wildman–Crippen MR) is 210 cm³/mol. The van der Waals surface area contributed by atoms with Gasteiger partial charge in [0.25, 0.3) is 0 Å². The van der Waals surface area contributed by atoms with Gasteiger partial charge in [0.1, 0.15) is 12.2 Å². The van der Waals surface area contributed by atoms with Crippen molar-refractivity contribution in [3.8, 4) is 0 Å². The smallest absolute Gasteiger partial charge is 0.436 e. The monoisotopic (exact) mass is 788 g/mol. The Balaban J connectivity index is 1.45. The molecule has 0 saturated carbocycles. The molecule has 0 amide bonds. The molecule has 0 N–H and O–H groups in total. The molecule has 0 radical (unpaired) electrons. The van der Waals surface area contributed by atoms with Gasteiger partial charge in [-0.1, -0.05) is 49.6 Å². The SMILES string of the molecule is C[Si](C)(CCCCOCC1CO1)O[Si](C)(C)O[Si](O[Si](C)(C)CCCCOCC1CO1)(O[Si](C)(C)CCCCOC1CCO1)c1ccccc1. The number of rotatable bonds is 29. The molecule has 288 valence electrons. The molecule has 3 heterocycles. The Morgan fingerprint density at radius 3 is 1.48 bits per heavy atom. The number of hydrogen-bond donors (Lipinski definition) is 0. The highest BCUT2D eigenvalue weighted by Crippen LogP contribution is 2.32. The number of epoxide rings is 2. The van der Waals surface area contributed by atoms with Crippen LogP contribution < -0.4 is 5.19 Å². The average Bonchev–Trinajstić information content (AvgIpc) is 3.93. The highest BCUT2D eigenvalue weighted by molar-refractivity contribution is 6.96. The molecule has 15 heteroatoms. The largest absolute Gasteiger partial charge is 0.507 e. The zero-order valence-corrected chi connectivity index (χ0v) is 37.4. The summed E-state index contributed by atoms with van der Waals surface area (Å²) in [6, 6.07) is 13.6. The maximum Gasteiger partial charge on any atom is 0.507 e. The average molecular weight is 789 g/mol. The molecule has 10 nitrogen and oxygen atoms in total. The zero-order chi connectivity index (χ0) is 36.1. The molecule has 0 spiro atoms. The van der Waals surface area contributed by atoms with Gasteiger partial charge in [-0.15, -0.1) is 0 Å². The van der Waals surface area contributed by atoms with E-state index in [0.717, 1.165) is 108 Å². The van der Waals surface area contributed by atoms with Crippen LogP contribution in [-0.2, 0) is 44.9 Å². The molecule has 3 saturated heterocycles. The number of unbranched alkanes of at least 4 members (excludes halogenated alkanes) is 3. The van der Waals surface area contributed by atoms with E-state index in [-0.39, 0.29) is 6.29 Å². The third-order valence-electron chi connectivity index (χ3n) is 9.03. The van der Waals surface area contributed by atoms with Crippen molar-refractivity contribution in [1.82, 2.24) is 0 Å². The van der Waals surface area contributed by atoms with Crippen LogP contribution in [0.2, 0.25) is 70.5 Å². The summed E-state index contributed by atoms with van der Waals surface area (Å²) in [5.41, 5.74) is 0.